The third kappa shape index (κ3) is 4.41. The second-order valence-electron chi connectivity index (χ2n) is 3.04. The highest BCUT2D eigenvalue weighted by Gasteiger charge is 1.99. The molecule has 0 bridgehead atoms. The topological polar surface area (TPSA) is 58.8 Å². The van der Waals surface area contributed by atoms with Gasteiger partial charge in [-0.15, -0.1) is 0 Å². The lowest BCUT2D eigenvalue weighted by atomic mass is 10.3. The molecule has 0 spiro atoms. The van der Waals surface area contributed by atoms with Gasteiger partial charge in [0.05, 0.1) is 12.9 Å². The molecule has 16 heavy (non-hydrogen) atoms. The van der Waals surface area contributed by atoms with Crippen LogP contribution in [0.3, 0.4) is 0 Å². The van der Waals surface area contributed by atoms with Crippen molar-refractivity contribution < 1.29 is 9.15 Å². The molecule has 5 nitrogen and oxygen atoms in total. The highest BCUT2D eigenvalue weighted by atomic mass is 32.1. The minimum atomic E-state index is 0.461. The standard InChI is InChI=1S/C10H15N3O2S/c1-8(9-4-3-6-15-9)12-13-10(16)11-5-7-14-2/h3-4,6H,5,7H2,1-2H3,(H2,11,13,16)/b12-8-. The molecule has 0 aromatic carbocycles. The summed E-state index contributed by atoms with van der Waals surface area (Å²) in [6.07, 6.45) is 1.60. The molecule has 1 rings (SSSR count). The van der Waals surface area contributed by atoms with E-state index in [1.165, 1.54) is 0 Å². The fourth-order valence-electron chi connectivity index (χ4n) is 0.980. The van der Waals surface area contributed by atoms with Crippen LogP contribution in [0.1, 0.15) is 12.7 Å². The van der Waals surface area contributed by atoms with Gasteiger partial charge >= 0.3 is 0 Å². The second kappa shape index (κ2) is 6.97. The van der Waals surface area contributed by atoms with Crippen LogP contribution >= 0.6 is 12.2 Å². The Hall–Kier alpha value is -1.40. The van der Waals surface area contributed by atoms with Gasteiger partial charge < -0.3 is 14.5 Å². The first-order valence-corrected chi connectivity index (χ1v) is 5.26. The Morgan fingerprint density at radius 2 is 2.44 bits per heavy atom. The van der Waals surface area contributed by atoms with Crippen molar-refractivity contribution in [3.8, 4) is 0 Å². The molecule has 2 N–H and O–H groups in total. The number of hydrazone groups is 1. The molecular formula is C10H15N3O2S. The van der Waals surface area contributed by atoms with Crippen LogP contribution in [0.4, 0.5) is 0 Å². The summed E-state index contributed by atoms with van der Waals surface area (Å²) in [5.74, 6) is 0.715. The van der Waals surface area contributed by atoms with Gasteiger partial charge in [-0.2, -0.15) is 5.10 Å². The normalized spacial score (nSPS) is 11.2. The SMILES string of the molecule is COCCNC(=S)N/N=C(/C)c1ccco1. The summed E-state index contributed by atoms with van der Waals surface area (Å²) in [4.78, 5) is 0. The summed E-state index contributed by atoms with van der Waals surface area (Å²) < 4.78 is 10.0. The Morgan fingerprint density at radius 3 is 3.06 bits per heavy atom. The number of hydrogen-bond acceptors (Lipinski definition) is 4. The predicted molar refractivity (Wildman–Crippen MR) is 66.5 cm³/mol. The molecule has 0 fully saturated rings. The Labute approximate surface area is 99.9 Å². The number of methoxy groups -OCH3 is 1. The number of ether oxygens (including phenoxy) is 1. The van der Waals surface area contributed by atoms with Gasteiger partial charge in [0.25, 0.3) is 0 Å². The van der Waals surface area contributed by atoms with Gasteiger partial charge in [-0.05, 0) is 31.3 Å². The van der Waals surface area contributed by atoms with E-state index in [0.717, 1.165) is 5.71 Å². The molecule has 0 saturated carbocycles. The molecule has 0 saturated heterocycles. The first-order valence-electron chi connectivity index (χ1n) is 4.85. The van der Waals surface area contributed by atoms with Crippen LogP contribution in [0.25, 0.3) is 0 Å². The van der Waals surface area contributed by atoms with Crippen molar-refractivity contribution in [2.75, 3.05) is 20.3 Å². The Kier molecular flexibility index (Phi) is 5.52. The molecule has 1 aromatic rings. The van der Waals surface area contributed by atoms with Crippen molar-refractivity contribution >= 4 is 23.0 Å². The van der Waals surface area contributed by atoms with Crippen molar-refractivity contribution in [3.63, 3.8) is 0 Å². The maximum atomic E-state index is 5.17. The molecule has 0 radical (unpaired) electrons. The van der Waals surface area contributed by atoms with Crippen molar-refractivity contribution in [1.29, 1.82) is 0 Å². The Bertz CT molecular complexity index is 349. The van der Waals surface area contributed by atoms with E-state index in [2.05, 4.69) is 15.8 Å². The molecular weight excluding hydrogens is 226 g/mol. The summed E-state index contributed by atoms with van der Waals surface area (Å²) in [5.41, 5.74) is 3.46. The highest BCUT2D eigenvalue weighted by Crippen LogP contribution is 2.00. The lowest BCUT2D eigenvalue weighted by molar-refractivity contribution is 0.204. The molecule has 6 heteroatoms. The van der Waals surface area contributed by atoms with Gasteiger partial charge in [-0.3, -0.25) is 5.43 Å². The lowest BCUT2D eigenvalue weighted by Gasteiger charge is -2.06. The fraction of sp³-hybridized carbons (Fsp3) is 0.400. The van der Waals surface area contributed by atoms with Crippen LogP contribution in [-0.4, -0.2) is 31.1 Å². The summed E-state index contributed by atoms with van der Waals surface area (Å²) in [6, 6.07) is 3.64. The van der Waals surface area contributed by atoms with E-state index in [1.807, 2.05) is 19.1 Å². The molecule has 0 aliphatic heterocycles. The van der Waals surface area contributed by atoms with Gasteiger partial charge in [0, 0.05) is 13.7 Å². The Morgan fingerprint density at radius 1 is 1.62 bits per heavy atom. The van der Waals surface area contributed by atoms with Crippen molar-refractivity contribution in [1.82, 2.24) is 10.7 Å². The zero-order valence-corrected chi connectivity index (χ0v) is 10.1. The Balaban J connectivity index is 2.32. The zero-order chi connectivity index (χ0) is 11.8. The highest BCUT2D eigenvalue weighted by molar-refractivity contribution is 7.80. The van der Waals surface area contributed by atoms with Gasteiger partial charge in [-0.1, -0.05) is 0 Å². The summed E-state index contributed by atoms with van der Waals surface area (Å²) in [5, 5.41) is 7.48. The summed E-state index contributed by atoms with van der Waals surface area (Å²) in [6.45, 7) is 3.09. The molecule has 0 unspecified atom stereocenters. The summed E-state index contributed by atoms with van der Waals surface area (Å²) >= 11 is 5.00. The average Bonchev–Trinajstić information content (AvgIpc) is 2.79. The minimum absolute atomic E-state index is 0.461. The number of thiocarbonyl (C=S) groups is 1. The zero-order valence-electron chi connectivity index (χ0n) is 9.32. The molecule has 1 aromatic heterocycles. The lowest BCUT2D eigenvalue weighted by Crippen LogP contribution is -2.34. The number of rotatable bonds is 5. The van der Waals surface area contributed by atoms with E-state index in [-0.39, 0.29) is 0 Å². The molecule has 0 aliphatic rings. The second-order valence-corrected chi connectivity index (χ2v) is 3.44. The van der Waals surface area contributed by atoms with Crippen molar-refractivity contribution in [2.45, 2.75) is 6.92 Å². The van der Waals surface area contributed by atoms with E-state index in [0.29, 0.717) is 24.0 Å². The summed E-state index contributed by atoms with van der Waals surface area (Å²) in [7, 11) is 1.64. The van der Waals surface area contributed by atoms with Gasteiger partial charge in [0.2, 0.25) is 0 Å². The molecule has 0 aliphatic carbocycles. The maximum Gasteiger partial charge on any atom is 0.187 e. The first kappa shape index (κ1) is 12.7. The third-order valence-electron chi connectivity index (χ3n) is 1.79. The fourth-order valence-corrected chi connectivity index (χ4v) is 1.13. The van der Waals surface area contributed by atoms with E-state index < -0.39 is 0 Å². The van der Waals surface area contributed by atoms with Crippen molar-refractivity contribution in [2.24, 2.45) is 5.10 Å². The number of furan rings is 1. The number of nitrogens with one attached hydrogen (secondary N) is 2. The van der Waals surface area contributed by atoms with Crippen molar-refractivity contribution in [3.05, 3.63) is 24.2 Å². The van der Waals surface area contributed by atoms with E-state index in [9.17, 15) is 0 Å². The third-order valence-corrected chi connectivity index (χ3v) is 2.03. The smallest absolute Gasteiger partial charge is 0.187 e. The monoisotopic (exact) mass is 241 g/mol. The van der Waals surface area contributed by atoms with Crippen LogP contribution in [0.5, 0.6) is 0 Å². The van der Waals surface area contributed by atoms with Gasteiger partial charge in [-0.25, -0.2) is 0 Å². The predicted octanol–water partition coefficient (Wildman–Crippen LogP) is 1.11. The molecule has 0 amide bonds. The number of hydrogen-bond donors (Lipinski definition) is 2. The minimum Gasteiger partial charge on any atom is -0.463 e. The maximum absolute atomic E-state index is 5.17. The quantitative estimate of drug-likeness (QED) is 0.350. The van der Waals surface area contributed by atoms with Crippen LogP contribution in [0.2, 0.25) is 0 Å². The largest absolute Gasteiger partial charge is 0.463 e. The van der Waals surface area contributed by atoms with Crippen LogP contribution in [-0.2, 0) is 4.74 Å². The molecule has 88 valence electrons. The molecule has 1 heterocycles. The van der Waals surface area contributed by atoms with E-state index >= 15 is 0 Å². The van der Waals surface area contributed by atoms with Crippen LogP contribution in [0.15, 0.2) is 27.9 Å². The van der Waals surface area contributed by atoms with Crippen LogP contribution in [0, 0.1) is 0 Å². The van der Waals surface area contributed by atoms with Gasteiger partial charge in [0.15, 0.2) is 5.11 Å². The average molecular weight is 241 g/mol. The first-order chi connectivity index (χ1) is 7.74. The van der Waals surface area contributed by atoms with E-state index in [1.54, 1.807) is 13.4 Å². The van der Waals surface area contributed by atoms with Crippen LogP contribution < -0.4 is 10.7 Å². The number of nitrogens with zero attached hydrogens (tertiary/aromatic N) is 1. The molecule has 0 atom stereocenters. The van der Waals surface area contributed by atoms with E-state index in [4.69, 9.17) is 21.4 Å². The van der Waals surface area contributed by atoms with Gasteiger partial charge in [0.1, 0.15) is 11.5 Å².